The number of benzene rings is 2. The lowest BCUT2D eigenvalue weighted by molar-refractivity contribution is -0.113. The van der Waals surface area contributed by atoms with Crippen LogP contribution in [-0.4, -0.2) is 16.6 Å². The predicted octanol–water partition coefficient (Wildman–Crippen LogP) is 4.82. The monoisotopic (exact) mass is 362 g/mol. The molecule has 2 aromatic carbocycles. The summed E-state index contributed by atoms with van der Waals surface area (Å²) in [7, 11) is 0. The maximum Gasteiger partial charge on any atom is 0.234 e. The molecular weight excluding hydrogens is 350 g/mol. The standard InChI is InChI=1S/C17H12F2N2OS2/c18-12-6-7-13(19)14(8-12)20-16(22)10-24-17-21-15(9-23-17)11-4-2-1-3-5-11/h1-9H,10H2,(H,20,22). The van der Waals surface area contributed by atoms with E-state index in [0.29, 0.717) is 0 Å². The van der Waals surface area contributed by atoms with E-state index in [0.717, 1.165) is 33.8 Å². The molecular formula is C17H12F2N2OS2. The summed E-state index contributed by atoms with van der Waals surface area (Å²) in [6.07, 6.45) is 0. The summed E-state index contributed by atoms with van der Waals surface area (Å²) in [6.45, 7) is 0. The summed E-state index contributed by atoms with van der Waals surface area (Å²) in [4.78, 5) is 16.3. The highest BCUT2D eigenvalue weighted by atomic mass is 32.2. The highest BCUT2D eigenvalue weighted by molar-refractivity contribution is 8.01. The molecule has 3 aromatic rings. The van der Waals surface area contributed by atoms with Crippen molar-refractivity contribution in [1.82, 2.24) is 4.98 Å². The van der Waals surface area contributed by atoms with E-state index in [1.165, 1.54) is 23.1 Å². The predicted molar refractivity (Wildman–Crippen MR) is 93.3 cm³/mol. The molecule has 0 fully saturated rings. The second-order valence-corrected chi connectivity index (χ2v) is 6.91. The molecule has 0 atom stereocenters. The number of nitrogens with one attached hydrogen (secondary N) is 1. The lowest BCUT2D eigenvalue weighted by Crippen LogP contribution is -2.15. The first-order valence-corrected chi connectivity index (χ1v) is 8.87. The smallest absolute Gasteiger partial charge is 0.234 e. The maximum absolute atomic E-state index is 13.5. The highest BCUT2D eigenvalue weighted by Crippen LogP contribution is 2.28. The van der Waals surface area contributed by atoms with Gasteiger partial charge >= 0.3 is 0 Å². The van der Waals surface area contributed by atoms with Crippen molar-refractivity contribution in [2.75, 3.05) is 11.1 Å². The average molecular weight is 362 g/mol. The van der Waals surface area contributed by atoms with E-state index >= 15 is 0 Å². The van der Waals surface area contributed by atoms with Crippen molar-refractivity contribution in [1.29, 1.82) is 0 Å². The third-order valence-electron chi connectivity index (χ3n) is 3.08. The molecule has 3 nitrogen and oxygen atoms in total. The molecule has 0 spiro atoms. The molecule has 0 aliphatic heterocycles. The summed E-state index contributed by atoms with van der Waals surface area (Å²) in [6, 6.07) is 12.7. The zero-order chi connectivity index (χ0) is 16.9. The van der Waals surface area contributed by atoms with Crippen molar-refractivity contribution in [2.24, 2.45) is 0 Å². The van der Waals surface area contributed by atoms with E-state index in [1.54, 1.807) is 0 Å². The van der Waals surface area contributed by atoms with Gasteiger partial charge in [-0.05, 0) is 12.1 Å². The molecule has 0 bridgehead atoms. The zero-order valence-electron chi connectivity index (χ0n) is 12.3. The number of hydrogen-bond donors (Lipinski definition) is 1. The van der Waals surface area contributed by atoms with Crippen LogP contribution in [0.25, 0.3) is 11.3 Å². The van der Waals surface area contributed by atoms with Gasteiger partial charge in [-0.3, -0.25) is 4.79 Å². The Bertz CT molecular complexity index is 853. The van der Waals surface area contributed by atoms with Gasteiger partial charge in [-0.1, -0.05) is 42.1 Å². The van der Waals surface area contributed by atoms with Crippen LogP contribution in [0, 0.1) is 11.6 Å². The van der Waals surface area contributed by atoms with Crippen LogP contribution in [0.15, 0.2) is 58.3 Å². The van der Waals surface area contributed by atoms with Gasteiger partial charge in [0.1, 0.15) is 11.6 Å². The lowest BCUT2D eigenvalue weighted by Gasteiger charge is -2.05. The molecule has 0 unspecified atom stereocenters. The van der Waals surface area contributed by atoms with Gasteiger partial charge in [-0.25, -0.2) is 13.8 Å². The number of aromatic nitrogens is 1. The van der Waals surface area contributed by atoms with Gasteiger partial charge in [0, 0.05) is 17.0 Å². The van der Waals surface area contributed by atoms with Crippen molar-refractivity contribution < 1.29 is 13.6 Å². The summed E-state index contributed by atoms with van der Waals surface area (Å²) < 4.78 is 27.3. The number of amides is 1. The number of thiazole rings is 1. The Morgan fingerprint density at radius 1 is 1.17 bits per heavy atom. The van der Waals surface area contributed by atoms with Gasteiger partial charge in [0.25, 0.3) is 0 Å². The summed E-state index contributed by atoms with van der Waals surface area (Å²) >= 11 is 2.69. The second kappa shape index (κ2) is 7.55. The van der Waals surface area contributed by atoms with Crippen molar-refractivity contribution in [3.63, 3.8) is 0 Å². The highest BCUT2D eigenvalue weighted by Gasteiger charge is 2.11. The Morgan fingerprint density at radius 2 is 1.96 bits per heavy atom. The fourth-order valence-electron chi connectivity index (χ4n) is 1.97. The number of carbonyl (C=O) groups is 1. The fourth-order valence-corrected chi connectivity index (χ4v) is 3.61. The molecule has 1 amide bonds. The van der Waals surface area contributed by atoms with Crippen LogP contribution in [0.5, 0.6) is 0 Å². The van der Waals surface area contributed by atoms with E-state index < -0.39 is 17.5 Å². The van der Waals surface area contributed by atoms with Crippen LogP contribution in [-0.2, 0) is 4.79 Å². The molecule has 7 heteroatoms. The maximum atomic E-state index is 13.5. The molecule has 1 aromatic heterocycles. The molecule has 1 heterocycles. The minimum atomic E-state index is -0.671. The summed E-state index contributed by atoms with van der Waals surface area (Å²) in [5.74, 6) is -1.62. The Morgan fingerprint density at radius 3 is 2.75 bits per heavy atom. The molecule has 3 rings (SSSR count). The Hall–Kier alpha value is -2.25. The van der Waals surface area contributed by atoms with Gasteiger partial charge in [0.05, 0.1) is 17.1 Å². The number of hydrogen-bond acceptors (Lipinski definition) is 4. The summed E-state index contributed by atoms with van der Waals surface area (Å²) in [5.41, 5.74) is 1.69. The van der Waals surface area contributed by atoms with Crippen molar-refractivity contribution in [3.8, 4) is 11.3 Å². The molecule has 0 saturated carbocycles. The molecule has 0 aliphatic carbocycles. The van der Waals surface area contributed by atoms with E-state index in [-0.39, 0.29) is 11.4 Å². The molecule has 24 heavy (non-hydrogen) atoms. The van der Waals surface area contributed by atoms with Gasteiger partial charge in [-0.2, -0.15) is 0 Å². The SMILES string of the molecule is O=C(CSc1nc(-c2ccccc2)cs1)Nc1cc(F)ccc1F. The third-order valence-corrected chi connectivity index (χ3v) is 5.10. The molecule has 122 valence electrons. The van der Waals surface area contributed by atoms with Gasteiger partial charge < -0.3 is 5.32 Å². The van der Waals surface area contributed by atoms with Crippen LogP contribution >= 0.6 is 23.1 Å². The van der Waals surface area contributed by atoms with Gasteiger partial charge in [0.2, 0.25) is 5.91 Å². The van der Waals surface area contributed by atoms with Gasteiger partial charge in [-0.15, -0.1) is 11.3 Å². The largest absolute Gasteiger partial charge is 0.323 e. The minimum absolute atomic E-state index is 0.0672. The minimum Gasteiger partial charge on any atom is -0.323 e. The van der Waals surface area contributed by atoms with Gasteiger partial charge in [0.15, 0.2) is 4.34 Å². The van der Waals surface area contributed by atoms with Crippen molar-refractivity contribution >= 4 is 34.7 Å². The van der Waals surface area contributed by atoms with E-state index in [2.05, 4.69) is 10.3 Å². The van der Waals surface area contributed by atoms with Crippen LogP contribution in [0.1, 0.15) is 0 Å². The van der Waals surface area contributed by atoms with E-state index in [1.807, 2.05) is 35.7 Å². The Kier molecular flexibility index (Phi) is 5.22. The normalized spacial score (nSPS) is 10.6. The number of rotatable bonds is 5. The van der Waals surface area contributed by atoms with Crippen LogP contribution in [0.3, 0.4) is 0 Å². The quantitative estimate of drug-likeness (QED) is 0.662. The van der Waals surface area contributed by atoms with E-state index in [9.17, 15) is 13.6 Å². The van der Waals surface area contributed by atoms with Crippen LogP contribution in [0.2, 0.25) is 0 Å². The topological polar surface area (TPSA) is 42.0 Å². The molecule has 0 saturated heterocycles. The Balaban J connectivity index is 1.59. The first-order valence-electron chi connectivity index (χ1n) is 7.00. The molecule has 0 radical (unpaired) electrons. The lowest BCUT2D eigenvalue weighted by atomic mass is 10.2. The fraction of sp³-hybridized carbons (Fsp3) is 0.0588. The van der Waals surface area contributed by atoms with Crippen LogP contribution < -0.4 is 5.32 Å². The number of carbonyl (C=O) groups excluding carboxylic acids is 1. The first kappa shape index (κ1) is 16.6. The zero-order valence-corrected chi connectivity index (χ0v) is 14.0. The average Bonchev–Trinajstić information content (AvgIpc) is 3.06. The van der Waals surface area contributed by atoms with E-state index in [4.69, 9.17) is 0 Å². The molecule has 0 aliphatic rings. The second-order valence-electron chi connectivity index (χ2n) is 4.83. The van der Waals surface area contributed by atoms with Crippen molar-refractivity contribution in [3.05, 3.63) is 65.5 Å². The van der Waals surface area contributed by atoms with Crippen LogP contribution in [0.4, 0.5) is 14.5 Å². The number of halogens is 2. The Labute approximate surface area is 145 Å². The van der Waals surface area contributed by atoms with Crippen molar-refractivity contribution in [2.45, 2.75) is 4.34 Å². The number of anilines is 1. The molecule has 1 N–H and O–H groups in total. The summed E-state index contributed by atoms with van der Waals surface area (Å²) in [5, 5.41) is 4.28. The number of thioether (sulfide) groups is 1. The third kappa shape index (κ3) is 4.18. The first-order chi connectivity index (χ1) is 11.6. The number of nitrogens with zero attached hydrogens (tertiary/aromatic N) is 1.